The molecule has 0 saturated heterocycles. The molecule has 0 heterocycles. The first-order chi connectivity index (χ1) is 10.5. The van der Waals surface area contributed by atoms with Crippen LogP contribution in [0.3, 0.4) is 0 Å². The van der Waals surface area contributed by atoms with Crippen molar-refractivity contribution in [3.8, 4) is 0 Å². The molecular formula is C18H22O4. The summed E-state index contributed by atoms with van der Waals surface area (Å²) in [4.78, 5) is 10.8. The molecule has 0 saturated carbocycles. The lowest BCUT2D eigenvalue weighted by Gasteiger charge is -2.03. The third-order valence-corrected chi connectivity index (χ3v) is 3.19. The maximum absolute atomic E-state index is 10.8. The molecule has 2 aromatic carbocycles. The van der Waals surface area contributed by atoms with Gasteiger partial charge in [0.2, 0.25) is 0 Å². The number of aliphatic hydroxyl groups is 3. The second kappa shape index (κ2) is 9.10. The molecule has 0 aliphatic carbocycles. The van der Waals surface area contributed by atoms with E-state index >= 15 is 0 Å². The fourth-order valence-electron chi connectivity index (χ4n) is 1.75. The highest BCUT2D eigenvalue weighted by Crippen LogP contribution is 2.12. The van der Waals surface area contributed by atoms with Crippen molar-refractivity contribution >= 4 is 5.78 Å². The summed E-state index contributed by atoms with van der Waals surface area (Å²) >= 11 is 0. The lowest BCUT2D eigenvalue weighted by atomic mass is 10.1. The molecule has 0 radical (unpaired) electrons. The molecule has 1 unspecified atom stereocenters. The molecule has 118 valence electrons. The summed E-state index contributed by atoms with van der Waals surface area (Å²) in [6.45, 7) is 3.32. The quantitative estimate of drug-likeness (QED) is 0.759. The highest BCUT2D eigenvalue weighted by molar-refractivity contribution is 5.93. The summed E-state index contributed by atoms with van der Waals surface area (Å²) in [5.74, 6) is 0.0505. The number of aliphatic hydroxyl groups excluding tert-OH is 3. The van der Waals surface area contributed by atoms with Crippen LogP contribution in [0.5, 0.6) is 0 Å². The van der Waals surface area contributed by atoms with Crippen LogP contribution >= 0.6 is 0 Å². The van der Waals surface area contributed by atoms with Crippen LogP contribution in [-0.4, -0.2) is 21.1 Å². The second-order valence-corrected chi connectivity index (χ2v) is 4.99. The Morgan fingerprint density at radius 1 is 0.909 bits per heavy atom. The first-order valence-electron chi connectivity index (χ1n) is 7.06. The average molecular weight is 302 g/mol. The van der Waals surface area contributed by atoms with Gasteiger partial charge in [0, 0.05) is 5.56 Å². The summed E-state index contributed by atoms with van der Waals surface area (Å²) in [7, 11) is 0. The highest BCUT2D eigenvalue weighted by Gasteiger charge is 1.98. The monoisotopic (exact) mass is 302 g/mol. The number of carbonyl (C=O) groups is 1. The summed E-state index contributed by atoms with van der Waals surface area (Å²) in [6.07, 6.45) is -0.428. The first-order valence-corrected chi connectivity index (χ1v) is 7.06. The molecule has 0 amide bonds. The van der Waals surface area contributed by atoms with Crippen molar-refractivity contribution in [2.24, 2.45) is 0 Å². The SMILES string of the molecule is CC(=O)c1ccc(CO)cc1.CC(O)c1ccc(CO)cc1. The molecule has 2 rings (SSSR count). The molecule has 2 aromatic rings. The van der Waals surface area contributed by atoms with E-state index in [1.54, 1.807) is 31.2 Å². The van der Waals surface area contributed by atoms with Gasteiger partial charge in [-0.3, -0.25) is 4.79 Å². The van der Waals surface area contributed by atoms with Crippen LogP contribution in [0.25, 0.3) is 0 Å². The van der Waals surface area contributed by atoms with Gasteiger partial charge in [-0.2, -0.15) is 0 Å². The van der Waals surface area contributed by atoms with Crippen molar-refractivity contribution in [2.45, 2.75) is 33.2 Å². The molecule has 3 N–H and O–H groups in total. The van der Waals surface area contributed by atoms with Gasteiger partial charge in [-0.25, -0.2) is 0 Å². The Kier molecular flexibility index (Phi) is 7.46. The number of ketones is 1. The largest absolute Gasteiger partial charge is 0.392 e. The van der Waals surface area contributed by atoms with E-state index in [2.05, 4.69) is 0 Å². The van der Waals surface area contributed by atoms with Crippen LogP contribution < -0.4 is 0 Å². The van der Waals surface area contributed by atoms with Gasteiger partial charge >= 0.3 is 0 Å². The Hall–Kier alpha value is -2.01. The molecule has 0 spiro atoms. The van der Waals surface area contributed by atoms with Crippen LogP contribution in [-0.2, 0) is 13.2 Å². The molecule has 0 aromatic heterocycles. The van der Waals surface area contributed by atoms with E-state index in [1.807, 2.05) is 24.3 Å². The minimum Gasteiger partial charge on any atom is -0.392 e. The Bertz CT molecular complexity index is 571. The van der Waals surface area contributed by atoms with Crippen LogP contribution in [0.15, 0.2) is 48.5 Å². The molecule has 1 atom stereocenters. The first kappa shape index (κ1) is 18.0. The van der Waals surface area contributed by atoms with E-state index in [0.29, 0.717) is 5.56 Å². The van der Waals surface area contributed by atoms with E-state index in [4.69, 9.17) is 15.3 Å². The smallest absolute Gasteiger partial charge is 0.159 e. The average Bonchev–Trinajstić information content (AvgIpc) is 2.55. The maximum Gasteiger partial charge on any atom is 0.159 e. The van der Waals surface area contributed by atoms with E-state index in [9.17, 15) is 4.79 Å². The minimum absolute atomic E-state index is 0.0260. The van der Waals surface area contributed by atoms with E-state index in [0.717, 1.165) is 16.7 Å². The zero-order valence-corrected chi connectivity index (χ0v) is 12.9. The Labute approximate surface area is 130 Å². The van der Waals surface area contributed by atoms with Crippen molar-refractivity contribution < 1.29 is 20.1 Å². The van der Waals surface area contributed by atoms with Crippen LogP contribution in [0, 0.1) is 0 Å². The number of Topliss-reactive ketones (excluding diaryl/α,β-unsaturated/α-hetero) is 1. The van der Waals surface area contributed by atoms with Gasteiger partial charge in [-0.05, 0) is 30.5 Å². The standard InChI is InChI=1S/C9H12O2.C9H10O2/c2*1-7(11)9-4-2-8(6-10)3-5-9/h2-5,7,10-11H,6H2,1H3;2-5,10H,6H2,1H3. The van der Waals surface area contributed by atoms with Crippen molar-refractivity contribution in [3.63, 3.8) is 0 Å². The van der Waals surface area contributed by atoms with E-state index < -0.39 is 6.10 Å². The van der Waals surface area contributed by atoms with Gasteiger partial charge in [0.15, 0.2) is 5.78 Å². The topological polar surface area (TPSA) is 77.8 Å². The van der Waals surface area contributed by atoms with Gasteiger partial charge in [0.25, 0.3) is 0 Å². The van der Waals surface area contributed by atoms with Gasteiger partial charge in [-0.15, -0.1) is 0 Å². The Morgan fingerprint density at radius 2 is 1.32 bits per heavy atom. The Morgan fingerprint density at radius 3 is 1.64 bits per heavy atom. The molecule has 0 aliphatic heterocycles. The lowest BCUT2D eigenvalue weighted by molar-refractivity contribution is 0.101. The van der Waals surface area contributed by atoms with Crippen LogP contribution in [0.2, 0.25) is 0 Å². The predicted octanol–water partition coefficient (Wildman–Crippen LogP) is 2.61. The molecule has 4 nitrogen and oxygen atoms in total. The summed E-state index contributed by atoms with van der Waals surface area (Å²) < 4.78 is 0. The van der Waals surface area contributed by atoms with Gasteiger partial charge in [0.1, 0.15) is 0 Å². The number of rotatable bonds is 4. The highest BCUT2D eigenvalue weighted by atomic mass is 16.3. The second-order valence-electron chi connectivity index (χ2n) is 4.99. The minimum atomic E-state index is -0.428. The zero-order chi connectivity index (χ0) is 16.5. The Balaban J connectivity index is 0.000000220. The number of carbonyl (C=O) groups excluding carboxylic acids is 1. The zero-order valence-electron chi connectivity index (χ0n) is 12.9. The maximum atomic E-state index is 10.8. The molecule has 22 heavy (non-hydrogen) atoms. The fraction of sp³-hybridized carbons (Fsp3) is 0.278. The van der Waals surface area contributed by atoms with E-state index in [-0.39, 0.29) is 19.0 Å². The third kappa shape index (κ3) is 5.77. The third-order valence-electron chi connectivity index (χ3n) is 3.19. The van der Waals surface area contributed by atoms with Gasteiger partial charge < -0.3 is 15.3 Å². The van der Waals surface area contributed by atoms with E-state index in [1.165, 1.54) is 6.92 Å². The van der Waals surface area contributed by atoms with Gasteiger partial charge in [-0.1, -0.05) is 48.5 Å². The summed E-state index contributed by atoms with van der Waals surface area (Å²) in [5, 5.41) is 26.5. The molecule has 0 bridgehead atoms. The summed E-state index contributed by atoms with van der Waals surface area (Å²) in [5.41, 5.74) is 3.26. The molecule has 0 fully saturated rings. The number of hydrogen-bond acceptors (Lipinski definition) is 4. The van der Waals surface area contributed by atoms with Crippen LogP contribution in [0.1, 0.15) is 47.0 Å². The molecule has 0 aliphatic rings. The molecule has 4 heteroatoms. The van der Waals surface area contributed by atoms with Crippen molar-refractivity contribution in [2.75, 3.05) is 0 Å². The molecular weight excluding hydrogens is 280 g/mol. The number of benzene rings is 2. The predicted molar refractivity (Wildman–Crippen MR) is 85.4 cm³/mol. The normalized spacial score (nSPS) is 11.3. The lowest BCUT2D eigenvalue weighted by Crippen LogP contribution is -1.91. The fourth-order valence-corrected chi connectivity index (χ4v) is 1.75. The van der Waals surface area contributed by atoms with Crippen molar-refractivity contribution in [3.05, 3.63) is 70.8 Å². The van der Waals surface area contributed by atoms with Gasteiger partial charge in [0.05, 0.1) is 19.3 Å². The number of hydrogen-bond donors (Lipinski definition) is 3. The van der Waals surface area contributed by atoms with Crippen LogP contribution in [0.4, 0.5) is 0 Å². The van der Waals surface area contributed by atoms with Crippen molar-refractivity contribution in [1.82, 2.24) is 0 Å². The summed E-state index contributed by atoms with van der Waals surface area (Å²) in [6, 6.07) is 14.2. The van der Waals surface area contributed by atoms with Crippen molar-refractivity contribution in [1.29, 1.82) is 0 Å².